The van der Waals surface area contributed by atoms with Gasteiger partial charge in [0.25, 0.3) is 5.91 Å². The highest BCUT2D eigenvalue weighted by Crippen LogP contribution is 2.12. The van der Waals surface area contributed by atoms with Gasteiger partial charge >= 0.3 is 5.97 Å². The molecule has 0 fully saturated rings. The molecular weight excluding hydrogens is 222 g/mol. The Morgan fingerprint density at radius 1 is 1.41 bits per heavy atom. The molecule has 17 heavy (non-hydrogen) atoms. The number of carboxylic acids is 1. The van der Waals surface area contributed by atoms with Gasteiger partial charge in [0, 0.05) is 12.0 Å². The van der Waals surface area contributed by atoms with Crippen molar-refractivity contribution in [2.45, 2.75) is 39.2 Å². The molecule has 0 aliphatic carbocycles. The number of aryl methyl sites for hydroxylation is 1. The third-order valence-corrected chi connectivity index (χ3v) is 2.28. The van der Waals surface area contributed by atoms with Gasteiger partial charge in [-0.2, -0.15) is 0 Å². The molecule has 1 rings (SSSR count). The van der Waals surface area contributed by atoms with Gasteiger partial charge in [-0.05, 0) is 26.0 Å². The van der Waals surface area contributed by atoms with Gasteiger partial charge in [-0.15, -0.1) is 0 Å². The molecule has 0 saturated heterocycles. The summed E-state index contributed by atoms with van der Waals surface area (Å²) in [6.45, 7) is 5.24. The van der Waals surface area contributed by atoms with E-state index in [2.05, 4.69) is 5.32 Å². The van der Waals surface area contributed by atoms with E-state index in [1.165, 1.54) is 0 Å². The Balaban J connectivity index is 2.68. The smallest absolute Gasteiger partial charge is 0.305 e. The molecular formula is C12H17NO4. The summed E-state index contributed by atoms with van der Waals surface area (Å²) in [5.74, 6) is -0.411. The Morgan fingerprint density at radius 2 is 2.06 bits per heavy atom. The summed E-state index contributed by atoms with van der Waals surface area (Å²) in [6, 6.07) is 3.32. The van der Waals surface area contributed by atoms with Crippen molar-refractivity contribution in [2.75, 3.05) is 0 Å². The topological polar surface area (TPSA) is 79.5 Å². The van der Waals surface area contributed by atoms with Gasteiger partial charge in [0.05, 0.1) is 6.42 Å². The van der Waals surface area contributed by atoms with Gasteiger partial charge in [0.1, 0.15) is 5.76 Å². The van der Waals surface area contributed by atoms with Crippen LogP contribution >= 0.6 is 0 Å². The summed E-state index contributed by atoms with van der Waals surface area (Å²) >= 11 is 0. The van der Waals surface area contributed by atoms with Gasteiger partial charge in [-0.1, -0.05) is 6.92 Å². The molecule has 1 amide bonds. The van der Waals surface area contributed by atoms with Gasteiger partial charge in [-0.3, -0.25) is 9.59 Å². The molecule has 5 heteroatoms. The average Bonchev–Trinajstić information content (AvgIpc) is 2.62. The van der Waals surface area contributed by atoms with E-state index >= 15 is 0 Å². The maximum Gasteiger partial charge on any atom is 0.305 e. The Hall–Kier alpha value is -1.78. The highest BCUT2D eigenvalue weighted by atomic mass is 16.4. The molecule has 94 valence electrons. The fraction of sp³-hybridized carbons (Fsp3) is 0.500. The molecule has 1 aromatic rings. The molecule has 0 spiro atoms. The minimum Gasteiger partial charge on any atom is -0.481 e. The zero-order chi connectivity index (χ0) is 13.1. The van der Waals surface area contributed by atoms with Crippen molar-refractivity contribution in [1.29, 1.82) is 0 Å². The van der Waals surface area contributed by atoms with Crippen LogP contribution in [-0.4, -0.2) is 22.5 Å². The third-order valence-electron chi connectivity index (χ3n) is 2.28. The molecule has 0 aromatic carbocycles. The SMILES string of the molecule is CCc1ccc(C(=O)NC(C)(C)CC(=O)O)o1. The predicted octanol–water partition coefficient (Wildman–Crippen LogP) is 1.83. The molecule has 0 unspecified atom stereocenters. The maximum atomic E-state index is 11.8. The first-order chi connectivity index (χ1) is 7.84. The standard InChI is InChI=1S/C12H17NO4/c1-4-8-5-6-9(17-8)11(16)13-12(2,3)7-10(14)15/h5-6H,4,7H2,1-3H3,(H,13,16)(H,14,15). The van der Waals surface area contributed by atoms with E-state index in [4.69, 9.17) is 9.52 Å². The monoisotopic (exact) mass is 239 g/mol. The Morgan fingerprint density at radius 3 is 2.53 bits per heavy atom. The number of hydrogen-bond donors (Lipinski definition) is 2. The summed E-state index contributed by atoms with van der Waals surface area (Å²) in [4.78, 5) is 22.4. The second-order valence-electron chi connectivity index (χ2n) is 4.53. The number of carbonyl (C=O) groups excluding carboxylic acids is 1. The molecule has 0 aliphatic rings. The Kier molecular flexibility index (Phi) is 3.93. The van der Waals surface area contributed by atoms with Crippen molar-refractivity contribution in [3.63, 3.8) is 0 Å². The number of carbonyl (C=O) groups is 2. The van der Waals surface area contributed by atoms with E-state index in [1.807, 2.05) is 6.92 Å². The minimum atomic E-state index is -0.955. The summed E-state index contributed by atoms with van der Waals surface area (Å²) < 4.78 is 5.29. The van der Waals surface area contributed by atoms with E-state index in [0.717, 1.165) is 5.76 Å². The lowest BCUT2D eigenvalue weighted by Crippen LogP contribution is -2.44. The van der Waals surface area contributed by atoms with E-state index in [1.54, 1.807) is 26.0 Å². The first-order valence-corrected chi connectivity index (χ1v) is 5.47. The van der Waals surface area contributed by atoms with E-state index < -0.39 is 17.4 Å². The molecule has 0 radical (unpaired) electrons. The number of hydrogen-bond acceptors (Lipinski definition) is 3. The van der Waals surface area contributed by atoms with Crippen molar-refractivity contribution in [2.24, 2.45) is 0 Å². The summed E-state index contributed by atoms with van der Waals surface area (Å²) in [5, 5.41) is 11.3. The van der Waals surface area contributed by atoms with Gasteiger partial charge < -0.3 is 14.8 Å². The lowest BCUT2D eigenvalue weighted by atomic mass is 10.0. The molecule has 1 heterocycles. The average molecular weight is 239 g/mol. The first kappa shape index (κ1) is 13.3. The van der Waals surface area contributed by atoms with Crippen LogP contribution in [0, 0.1) is 0 Å². The van der Waals surface area contributed by atoms with E-state index in [0.29, 0.717) is 6.42 Å². The fourth-order valence-electron chi connectivity index (χ4n) is 1.48. The zero-order valence-corrected chi connectivity index (χ0v) is 10.2. The molecule has 0 bridgehead atoms. The lowest BCUT2D eigenvalue weighted by molar-refractivity contribution is -0.138. The lowest BCUT2D eigenvalue weighted by Gasteiger charge is -2.23. The largest absolute Gasteiger partial charge is 0.481 e. The van der Waals surface area contributed by atoms with Gasteiger partial charge in [0.15, 0.2) is 5.76 Å². The molecule has 0 saturated carbocycles. The highest BCUT2D eigenvalue weighted by molar-refractivity contribution is 5.92. The van der Waals surface area contributed by atoms with Gasteiger partial charge in [-0.25, -0.2) is 0 Å². The number of carboxylic acid groups (broad SMARTS) is 1. The zero-order valence-electron chi connectivity index (χ0n) is 10.2. The predicted molar refractivity (Wildman–Crippen MR) is 61.9 cm³/mol. The second-order valence-corrected chi connectivity index (χ2v) is 4.53. The van der Waals surface area contributed by atoms with Crippen LogP contribution in [0.4, 0.5) is 0 Å². The number of rotatable bonds is 5. The van der Waals surface area contributed by atoms with Crippen LogP contribution in [0.15, 0.2) is 16.5 Å². The van der Waals surface area contributed by atoms with Crippen molar-refractivity contribution >= 4 is 11.9 Å². The minimum absolute atomic E-state index is 0.139. The Labute approximate surface area is 99.8 Å². The van der Waals surface area contributed by atoms with E-state index in [9.17, 15) is 9.59 Å². The number of nitrogens with one attached hydrogen (secondary N) is 1. The number of aliphatic carboxylic acids is 1. The van der Waals surface area contributed by atoms with Crippen LogP contribution in [-0.2, 0) is 11.2 Å². The maximum absolute atomic E-state index is 11.8. The summed E-state index contributed by atoms with van der Waals surface area (Å²) in [5.41, 5.74) is -0.803. The second kappa shape index (κ2) is 5.03. The van der Waals surface area contributed by atoms with Crippen molar-refractivity contribution in [3.8, 4) is 0 Å². The van der Waals surface area contributed by atoms with Crippen LogP contribution in [0.3, 0.4) is 0 Å². The Bertz CT molecular complexity index is 420. The van der Waals surface area contributed by atoms with Crippen LogP contribution in [0.5, 0.6) is 0 Å². The van der Waals surface area contributed by atoms with Crippen LogP contribution in [0.2, 0.25) is 0 Å². The number of furan rings is 1. The quantitative estimate of drug-likeness (QED) is 0.821. The van der Waals surface area contributed by atoms with Crippen LogP contribution in [0.1, 0.15) is 43.5 Å². The van der Waals surface area contributed by atoms with E-state index in [-0.39, 0.29) is 12.2 Å². The molecule has 5 nitrogen and oxygen atoms in total. The molecule has 0 aliphatic heterocycles. The third kappa shape index (κ3) is 3.94. The highest BCUT2D eigenvalue weighted by Gasteiger charge is 2.25. The fourth-order valence-corrected chi connectivity index (χ4v) is 1.48. The van der Waals surface area contributed by atoms with Gasteiger partial charge in [0.2, 0.25) is 0 Å². The molecule has 2 N–H and O–H groups in total. The number of amides is 1. The summed E-state index contributed by atoms with van der Waals surface area (Å²) in [6.07, 6.45) is 0.575. The van der Waals surface area contributed by atoms with Crippen molar-refractivity contribution < 1.29 is 19.1 Å². The van der Waals surface area contributed by atoms with Crippen molar-refractivity contribution in [3.05, 3.63) is 23.7 Å². The van der Waals surface area contributed by atoms with Crippen LogP contribution < -0.4 is 5.32 Å². The summed E-state index contributed by atoms with van der Waals surface area (Å²) in [7, 11) is 0. The molecule has 1 aromatic heterocycles. The van der Waals surface area contributed by atoms with Crippen LogP contribution in [0.25, 0.3) is 0 Å². The first-order valence-electron chi connectivity index (χ1n) is 5.47. The normalized spacial score (nSPS) is 11.2. The van der Waals surface area contributed by atoms with Crippen molar-refractivity contribution in [1.82, 2.24) is 5.32 Å². The molecule has 0 atom stereocenters.